The fourth-order valence-corrected chi connectivity index (χ4v) is 3.25. The maximum Gasteiger partial charge on any atom is 0.226 e. The molecule has 1 aliphatic heterocycles. The van der Waals surface area contributed by atoms with E-state index in [4.69, 9.17) is 4.74 Å². The van der Waals surface area contributed by atoms with Gasteiger partial charge in [0.05, 0.1) is 11.8 Å². The van der Waals surface area contributed by atoms with Crippen LogP contribution in [0.2, 0.25) is 0 Å². The zero-order valence-corrected chi connectivity index (χ0v) is 13.3. The summed E-state index contributed by atoms with van der Waals surface area (Å²) >= 11 is 0. The molecule has 0 bridgehead atoms. The third kappa shape index (κ3) is 4.19. The van der Waals surface area contributed by atoms with E-state index >= 15 is 0 Å². The Kier molecular flexibility index (Phi) is 6.03. The van der Waals surface area contributed by atoms with Crippen LogP contribution in [-0.2, 0) is 14.3 Å². The standard InChI is InChI=1S/C16H28N2O3/c1-3-12-7-4-5-9-18(12)16(20)14-11-13(14)15(19)17-8-6-10-21-2/h12-14H,3-11H2,1-2H3,(H,17,19). The van der Waals surface area contributed by atoms with E-state index < -0.39 is 0 Å². The molecule has 3 unspecified atom stereocenters. The van der Waals surface area contributed by atoms with Crippen molar-refractivity contribution in [1.29, 1.82) is 0 Å². The minimum absolute atomic E-state index is 0.0366. The van der Waals surface area contributed by atoms with Gasteiger partial charge in [0.2, 0.25) is 11.8 Å². The molecule has 1 saturated carbocycles. The Bertz CT molecular complexity index is 373. The molecule has 0 spiro atoms. The van der Waals surface area contributed by atoms with Crippen LogP contribution in [0.15, 0.2) is 0 Å². The quantitative estimate of drug-likeness (QED) is 0.725. The van der Waals surface area contributed by atoms with Gasteiger partial charge in [0.25, 0.3) is 0 Å². The number of piperidine rings is 1. The molecule has 1 aliphatic carbocycles. The molecular weight excluding hydrogens is 268 g/mol. The number of likely N-dealkylation sites (tertiary alicyclic amines) is 1. The van der Waals surface area contributed by atoms with Gasteiger partial charge in [0.1, 0.15) is 0 Å². The van der Waals surface area contributed by atoms with E-state index in [-0.39, 0.29) is 23.7 Å². The van der Waals surface area contributed by atoms with Gasteiger partial charge < -0.3 is 15.0 Å². The van der Waals surface area contributed by atoms with E-state index in [0.29, 0.717) is 19.2 Å². The largest absolute Gasteiger partial charge is 0.385 e. The fourth-order valence-electron chi connectivity index (χ4n) is 3.25. The molecule has 120 valence electrons. The number of rotatable bonds is 7. The number of hydrogen-bond donors (Lipinski definition) is 1. The summed E-state index contributed by atoms with van der Waals surface area (Å²) in [5, 5.41) is 2.90. The minimum atomic E-state index is -0.0977. The summed E-state index contributed by atoms with van der Waals surface area (Å²) in [5.74, 6) is 0.0761. The first-order chi connectivity index (χ1) is 10.2. The number of nitrogens with one attached hydrogen (secondary N) is 1. The zero-order valence-electron chi connectivity index (χ0n) is 13.3. The molecule has 0 aromatic carbocycles. The Morgan fingerprint density at radius 3 is 2.81 bits per heavy atom. The molecule has 1 N–H and O–H groups in total. The van der Waals surface area contributed by atoms with Crippen LogP contribution in [0.1, 0.15) is 45.4 Å². The molecule has 0 aromatic heterocycles. The number of methoxy groups -OCH3 is 1. The maximum atomic E-state index is 12.5. The lowest BCUT2D eigenvalue weighted by atomic mass is 9.99. The molecule has 0 radical (unpaired) electrons. The number of carbonyl (C=O) groups is 2. The number of amides is 2. The highest BCUT2D eigenvalue weighted by atomic mass is 16.5. The SMILES string of the molecule is CCC1CCCCN1C(=O)C1CC1C(=O)NCCCOC. The van der Waals surface area contributed by atoms with Gasteiger partial charge in [-0.3, -0.25) is 9.59 Å². The Morgan fingerprint density at radius 1 is 1.29 bits per heavy atom. The van der Waals surface area contributed by atoms with E-state index in [2.05, 4.69) is 12.2 Å². The smallest absolute Gasteiger partial charge is 0.226 e. The van der Waals surface area contributed by atoms with Crippen molar-refractivity contribution in [2.45, 2.75) is 51.5 Å². The molecule has 3 atom stereocenters. The minimum Gasteiger partial charge on any atom is -0.385 e. The highest BCUT2D eigenvalue weighted by Gasteiger charge is 2.50. The Labute approximate surface area is 127 Å². The van der Waals surface area contributed by atoms with Gasteiger partial charge in [-0.1, -0.05) is 6.92 Å². The van der Waals surface area contributed by atoms with Gasteiger partial charge in [0, 0.05) is 32.8 Å². The highest BCUT2D eigenvalue weighted by Crippen LogP contribution is 2.41. The molecule has 0 aromatic rings. The first-order valence-electron chi connectivity index (χ1n) is 8.26. The summed E-state index contributed by atoms with van der Waals surface area (Å²) < 4.78 is 4.95. The first kappa shape index (κ1) is 16.3. The Hall–Kier alpha value is -1.10. The fraction of sp³-hybridized carbons (Fsp3) is 0.875. The van der Waals surface area contributed by atoms with Gasteiger partial charge in [0.15, 0.2) is 0 Å². The van der Waals surface area contributed by atoms with Crippen LogP contribution in [0.4, 0.5) is 0 Å². The second-order valence-electron chi connectivity index (χ2n) is 6.18. The van der Waals surface area contributed by atoms with Crippen molar-refractivity contribution in [2.24, 2.45) is 11.8 Å². The number of carbonyl (C=O) groups excluding carboxylic acids is 2. The molecule has 5 nitrogen and oxygen atoms in total. The molecule has 5 heteroatoms. The van der Waals surface area contributed by atoms with Crippen LogP contribution in [-0.4, -0.2) is 49.6 Å². The summed E-state index contributed by atoms with van der Waals surface area (Å²) in [6.07, 6.45) is 5.99. The van der Waals surface area contributed by atoms with Crippen molar-refractivity contribution < 1.29 is 14.3 Å². The monoisotopic (exact) mass is 296 g/mol. The molecule has 2 rings (SSSR count). The molecule has 1 heterocycles. The van der Waals surface area contributed by atoms with Crippen molar-refractivity contribution in [2.75, 3.05) is 26.8 Å². The Morgan fingerprint density at radius 2 is 2.10 bits per heavy atom. The van der Waals surface area contributed by atoms with E-state index in [1.807, 2.05) is 4.90 Å². The third-order valence-corrected chi connectivity index (χ3v) is 4.65. The number of ether oxygens (including phenoxy) is 1. The normalized spacial score (nSPS) is 28.3. The van der Waals surface area contributed by atoms with Crippen molar-refractivity contribution in [1.82, 2.24) is 10.2 Å². The maximum absolute atomic E-state index is 12.5. The number of nitrogens with zero attached hydrogens (tertiary/aromatic N) is 1. The van der Waals surface area contributed by atoms with Crippen molar-refractivity contribution in [3.8, 4) is 0 Å². The molecule has 2 fully saturated rings. The van der Waals surface area contributed by atoms with Crippen molar-refractivity contribution in [3.63, 3.8) is 0 Å². The van der Waals surface area contributed by atoms with E-state index in [1.54, 1.807) is 7.11 Å². The van der Waals surface area contributed by atoms with Gasteiger partial charge in [-0.15, -0.1) is 0 Å². The van der Waals surface area contributed by atoms with Crippen molar-refractivity contribution in [3.05, 3.63) is 0 Å². The van der Waals surface area contributed by atoms with Crippen LogP contribution < -0.4 is 5.32 Å². The van der Waals surface area contributed by atoms with Crippen LogP contribution in [0, 0.1) is 11.8 Å². The predicted molar refractivity (Wildman–Crippen MR) is 80.7 cm³/mol. The highest BCUT2D eigenvalue weighted by molar-refractivity contribution is 5.92. The van der Waals surface area contributed by atoms with E-state index in [9.17, 15) is 9.59 Å². The molecule has 1 saturated heterocycles. The van der Waals surface area contributed by atoms with Crippen LogP contribution >= 0.6 is 0 Å². The van der Waals surface area contributed by atoms with E-state index in [0.717, 1.165) is 38.6 Å². The number of hydrogen-bond acceptors (Lipinski definition) is 3. The van der Waals surface area contributed by atoms with Crippen LogP contribution in [0.5, 0.6) is 0 Å². The average Bonchev–Trinajstić information content (AvgIpc) is 3.31. The molecular formula is C16H28N2O3. The summed E-state index contributed by atoms with van der Waals surface area (Å²) in [6.45, 7) is 4.30. The van der Waals surface area contributed by atoms with Gasteiger partial charge in [-0.25, -0.2) is 0 Å². The lowest BCUT2D eigenvalue weighted by Crippen LogP contribution is -2.44. The second-order valence-corrected chi connectivity index (χ2v) is 6.18. The predicted octanol–water partition coefficient (Wildman–Crippen LogP) is 1.57. The van der Waals surface area contributed by atoms with Gasteiger partial charge in [-0.05, 0) is 38.5 Å². The van der Waals surface area contributed by atoms with Gasteiger partial charge >= 0.3 is 0 Å². The molecule has 2 aliphatic rings. The topological polar surface area (TPSA) is 58.6 Å². The third-order valence-electron chi connectivity index (χ3n) is 4.65. The lowest BCUT2D eigenvalue weighted by molar-refractivity contribution is -0.138. The summed E-state index contributed by atoms with van der Waals surface area (Å²) in [7, 11) is 1.65. The van der Waals surface area contributed by atoms with Crippen molar-refractivity contribution >= 4 is 11.8 Å². The van der Waals surface area contributed by atoms with Crippen LogP contribution in [0.25, 0.3) is 0 Å². The summed E-state index contributed by atoms with van der Waals surface area (Å²) in [5.41, 5.74) is 0. The van der Waals surface area contributed by atoms with Crippen LogP contribution in [0.3, 0.4) is 0 Å². The second kappa shape index (κ2) is 7.78. The van der Waals surface area contributed by atoms with Gasteiger partial charge in [-0.2, -0.15) is 0 Å². The average molecular weight is 296 g/mol. The molecule has 21 heavy (non-hydrogen) atoms. The summed E-state index contributed by atoms with van der Waals surface area (Å²) in [4.78, 5) is 26.6. The first-order valence-corrected chi connectivity index (χ1v) is 8.26. The van der Waals surface area contributed by atoms with E-state index in [1.165, 1.54) is 6.42 Å². The lowest BCUT2D eigenvalue weighted by Gasteiger charge is -2.35. The zero-order chi connectivity index (χ0) is 15.2. The molecule has 2 amide bonds. The Balaban J connectivity index is 1.76. The summed E-state index contributed by atoms with van der Waals surface area (Å²) in [6, 6.07) is 0.386.